The number of fused-ring (bicyclic) bond motifs is 1. The second-order valence-corrected chi connectivity index (χ2v) is 5.89. The number of carbonyl (C=O) groups excluding carboxylic acids is 2. The third-order valence-electron chi connectivity index (χ3n) is 4.08. The van der Waals surface area contributed by atoms with E-state index in [0.717, 1.165) is 30.8 Å². The average Bonchev–Trinajstić information content (AvgIpc) is 2.85. The number of pyridine rings is 1. The summed E-state index contributed by atoms with van der Waals surface area (Å²) in [5.41, 5.74) is 2.58. The summed E-state index contributed by atoms with van der Waals surface area (Å²) in [4.78, 5) is 30.6. The van der Waals surface area contributed by atoms with E-state index in [0.29, 0.717) is 17.7 Å². The summed E-state index contributed by atoms with van der Waals surface area (Å²) in [5, 5.41) is 3.35. The van der Waals surface area contributed by atoms with Crippen molar-refractivity contribution in [3.8, 4) is 0 Å². The standard InChI is InChI=1S/C19H21N3O2/c1-2-3-11-20-12-14-7-6-8-15(21-14)13-22-18(23)16-9-4-5-10-17(16)19(22)24/h4-10,20H,2-3,11-13H2,1H3. The van der Waals surface area contributed by atoms with Gasteiger partial charge < -0.3 is 5.32 Å². The van der Waals surface area contributed by atoms with Crippen molar-refractivity contribution in [1.29, 1.82) is 0 Å². The molecule has 3 rings (SSSR count). The number of unbranched alkanes of at least 4 members (excludes halogenated alkanes) is 1. The van der Waals surface area contributed by atoms with E-state index in [9.17, 15) is 9.59 Å². The Morgan fingerprint density at radius 2 is 1.62 bits per heavy atom. The normalized spacial score (nSPS) is 13.5. The molecular formula is C19H21N3O2. The zero-order chi connectivity index (χ0) is 16.9. The molecule has 2 amide bonds. The highest BCUT2D eigenvalue weighted by Crippen LogP contribution is 2.23. The van der Waals surface area contributed by atoms with Crippen LogP contribution < -0.4 is 5.32 Å². The Labute approximate surface area is 141 Å². The zero-order valence-electron chi connectivity index (χ0n) is 13.8. The summed E-state index contributed by atoms with van der Waals surface area (Å²) in [6.45, 7) is 4.01. The van der Waals surface area contributed by atoms with Crippen molar-refractivity contribution in [2.45, 2.75) is 32.9 Å². The van der Waals surface area contributed by atoms with Crippen LogP contribution in [0.2, 0.25) is 0 Å². The van der Waals surface area contributed by atoms with Crippen molar-refractivity contribution in [1.82, 2.24) is 15.2 Å². The number of carbonyl (C=O) groups is 2. The SMILES string of the molecule is CCCCNCc1cccc(CN2C(=O)c3ccccc3C2=O)n1. The fourth-order valence-electron chi connectivity index (χ4n) is 2.78. The molecular weight excluding hydrogens is 302 g/mol. The first kappa shape index (κ1) is 16.3. The minimum absolute atomic E-state index is 0.204. The number of benzene rings is 1. The topological polar surface area (TPSA) is 62.3 Å². The van der Waals surface area contributed by atoms with Crippen LogP contribution in [0.25, 0.3) is 0 Å². The van der Waals surface area contributed by atoms with E-state index < -0.39 is 0 Å². The van der Waals surface area contributed by atoms with E-state index >= 15 is 0 Å². The largest absolute Gasteiger partial charge is 0.311 e. The maximum atomic E-state index is 12.4. The molecule has 0 saturated heterocycles. The van der Waals surface area contributed by atoms with E-state index in [1.807, 2.05) is 18.2 Å². The predicted octanol–water partition coefficient (Wildman–Crippen LogP) is 2.77. The van der Waals surface area contributed by atoms with Crippen LogP contribution in [0.4, 0.5) is 0 Å². The van der Waals surface area contributed by atoms with Gasteiger partial charge in [-0.15, -0.1) is 0 Å². The zero-order valence-corrected chi connectivity index (χ0v) is 13.8. The van der Waals surface area contributed by atoms with Crippen LogP contribution in [0.3, 0.4) is 0 Å². The Hall–Kier alpha value is -2.53. The summed E-state index contributed by atoms with van der Waals surface area (Å²) in [7, 11) is 0. The summed E-state index contributed by atoms with van der Waals surface area (Å²) < 4.78 is 0. The van der Waals surface area contributed by atoms with Crippen molar-refractivity contribution in [2.24, 2.45) is 0 Å². The fraction of sp³-hybridized carbons (Fsp3) is 0.316. The van der Waals surface area contributed by atoms with E-state index in [-0.39, 0.29) is 18.4 Å². The Morgan fingerprint density at radius 3 is 2.29 bits per heavy atom. The van der Waals surface area contributed by atoms with E-state index in [4.69, 9.17) is 0 Å². The molecule has 0 bridgehead atoms. The minimum atomic E-state index is -0.246. The van der Waals surface area contributed by atoms with Crippen molar-refractivity contribution in [3.63, 3.8) is 0 Å². The smallest absolute Gasteiger partial charge is 0.261 e. The Morgan fingerprint density at radius 1 is 0.958 bits per heavy atom. The predicted molar refractivity (Wildman–Crippen MR) is 91.5 cm³/mol. The van der Waals surface area contributed by atoms with Crippen molar-refractivity contribution >= 4 is 11.8 Å². The quantitative estimate of drug-likeness (QED) is 0.629. The summed E-state index contributed by atoms with van der Waals surface area (Å²) >= 11 is 0. The molecule has 0 spiro atoms. The Balaban J connectivity index is 1.69. The number of rotatable bonds is 7. The average molecular weight is 323 g/mol. The van der Waals surface area contributed by atoms with Crippen LogP contribution in [0, 0.1) is 0 Å². The van der Waals surface area contributed by atoms with E-state index in [1.54, 1.807) is 24.3 Å². The number of hydrogen-bond acceptors (Lipinski definition) is 4. The number of aromatic nitrogens is 1. The van der Waals surface area contributed by atoms with Gasteiger partial charge in [0, 0.05) is 6.54 Å². The first-order valence-electron chi connectivity index (χ1n) is 8.31. The second kappa shape index (κ2) is 7.36. The van der Waals surface area contributed by atoms with Gasteiger partial charge >= 0.3 is 0 Å². The van der Waals surface area contributed by atoms with Gasteiger partial charge in [0.25, 0.3) is 11.8 Å². The van der Waals surface area contributed by atoms with Crippen LogP contribution in [0.1, 0.15) is 51.9 Å². The lowest BCUT2D eigenvalue weighted by Crippen LogP contribution is -2.29. The van der Waals surface area contributed by atoms with Crippen LogP contribution in [0.5, 0.6) is 0 Å². The molecule has 1 aliphatic rings. The molecule has 0 fully saturated rings. The number of nitrogens with zero attached hydrogens (tertiary/aromatic N) is 2. The van der Waals surface area contributed by atoms with Gasteiger partial charge in [0.1, 0.15) is 0 Å². The summed E-state index contributed by atoms with van der Waals surface area (Å²) in [6.07, 6.45) is 2.29. The van der Waals surface area contributed by atoms with Crippen molar-refractivity contribution in [3.05, 3.63) is 65.0 Å². The second-order valence-electron chi connectivity index (χ2n) is 5.89. The molecule has 2 heterocycles. The molecule has 1 aliphatic heterocycles. The number of imide groups is 1. The van der Waals surface area contributed by atoms with Gasteiger partial charge in [0.15, 0.2) is 0 Å². The number of hydrogen-bond donors (Lipinski definition) is 1. The molecule has 5 nitrogen and oxygen atoms in total. The first-order chi connectivity index (χ1) is 11.7. The summed E-state index contributed by atoms with van der Waals surface area (Å²) in [6, 6.07) is 12.6. The van der Waals surface area contributed by atoms with Crippen LogP contribution in [-0.2, 0) is 13.1 Å². The molecule has 2 aromatic rings. The molecule has 1 N–H and O–H groups in total. The highest BCUT2D eigenvalue weighted by molar-refractivity contribution is 6.21. The van der Waals surface area contributed by atoms with Crippen molar-refractivity contribution in [2.75, 3.05) is 6.54 Å². The lowest BCUT2D eigenvalue weighted by atomic mass is 10.1. The molecule has 124 valence electrons. The molecule has 0 saturated carbocycles. The lowest BCUT2D eigenvalue weighted by molar-refractivity contribution is 0.0640. The molecule has 0 aliphatic carbocycles. The number of nitrogens with one attached hydrogen (secondary N) is 1. The first-order valence-corrected chi connectivity index (χ1v) is 8.31. The summed E-state index contributed by atoms with van der Waals surface area (Å²) in [5.74, 6) is -0.493. The Kier molecular flexibility index (Phi) is 5.01. The molecule has 0 radical (unpaired) electrons. The monoisotopic (exact) mass is 323 g/mol. The van der Waals surface area contributed by atoms with Gasteiger partial charge in [-0.2, -0.15) is 0 Å². The van der Waals surface area contributed by atoms with Gasteiger partial charge in [0.05, 0.1) is 29.1 Å². The molecule has 1 aromatic heterocycles. The molecule has 24 heavy (non-hydrogen) atoms. The van der Waals surface area contributed by atoms with Crippen LogP contribution in [0.15, 0.2) is 42.5 Å². The van der Waals surface area contributed by atoms with Crippen molar-refractivity contribution < 1.29 is 9.59 Å². The van der Waals surface area contributed by atoms with Gasteiger partial charge in [-0.25, -0.2) is 0 Å². The highest BCUT2D eigenvalue weighted by atomic mass is 16.2. The van der Waals surface area contributed by atoms with Gasteiger partial charge in [-0.3, -0.25) is 19.5 Å². The van der Waals surface area contributed by atoms with Gasteiger partial charge in [0.2, 0.25) is 0 Å². The van der Waals surface area contributed by atoms with Gasteiger partial charge in [-0.1, -0.05) is 31.5 Å². The molecule has 5 heteroatoms. The lowest BCUT2D eigenvalue weighted by Gasteiger charge is -2.14. The Bertz CT molecular complexity index is 723. The third kappa shape index (κ3) is 3.36. The highest BCUT2D eigenvalue weighted by Gasteiger charge is 2.35. The van der Waals surface area contributed by atoms with Crippen LogP contribution >= 0.6 is 0 Å². The number of amides is 2. The maximum Gasteiger partial charge on any atom is 0.261 e. The van der Waals surface area contributed by atoms with Crippen LogP contribution in [-0.4, -0.2) is 28.2 Å². The molecule has 0 unspecified atom stereocenters. The third-order valence-corrected chi connectivity index (χ3v) is 4.08. The fourth-order valence-corrected chi connectivity index (χ4v) is 2.78. The molecule has 0 atom stereocenters. The minimum Gasteiger partial charge on any atom is -0.311 e. The van der Waals surface area contributed by atoms with E-state index in [2.05, 4.69) is 17.2 Å². The maximum absolute atomic E-state index is 12.4. The van der Waals surface area contributed by atoms with Gasteiger partial charge in [-0.05, 0) is 37.2 Å². The molecule has 1 aromatic carbocycles. The van der Waals surface area contributed by atoms with E-state index in [1.165, 1.54) is 4.90 Å².